The number of rotatable bonds is 14. The number of hydrogen-bond acceptors (Lipinski definition) is 7. The standard InChI is InChI=1S/C36H31Cl2N3O5.C2HF3O2/c37-26-14-13-24(33(38)21-26)19-25(34(43)40-15-16-41-35(44)31-11-4-5-12-32(31)36(41)45)20-27(39)22-28(42)17-23-7-6-10-30(18-23)46-29-8-2-1-3-9-29;3-2(4,5)1(6)7/h1-14,18,21,25,39H,15-17,19-20,22H2,(H,40,43);(H,6,7)/t25-;/m0./s1. The summed E-state index contributed by atoms with van der Waals surface area (Å²) in [5.74, 6) is -3.57. The Balaban J connectivity index is 0.000000815. The first kappa shape index (κ1) is 40.2. The zero-order chi connectivity index (χ0) is 38.7. The zero-order valence-electron chi connectivity index (χ0n) is 27.8. The molecule has 1 aliphatic heterocycles. The summed E-state index contributed by atoms with van der Waals surface area (Å²) in [4.78, 5) is 61.8. The van der Waals surface area contributed by atoms with E-state index in [-0.39, 0.29) is 56.2 Å². The Morgan fingerprint density at radius 3 is 2.06 bits per heavy atom. The lowest BCUT2D eigenvalue weighted by atomic mass is 9.91. The van der Waals surface area contributed by atoms with Crippen LogP contribution < -0.4 is 10.1 Å². The van der Waals surface area contributed by atoms with Crippen LogP contribution in [-0.2, 0) is 27.2 Å². The maximum atomic E-state index is 13.4. The van der Waals surface area contributed by atoms with Gasteiger partial charge in [0, 0.05) is 47.6 Å². The Labute approximate surface area is 312 Å². The first-order chi connectivity index (χ1) is 25.1. The van der Waals surface area contributed by atoms with E-state index < -0.39 is 29.9 Å². The number of carbonyl (C=O) groups is 5. The number of halogens is 5. The Hall–Kier alpha value is -5.53. The highest BCUT2D eigenvalue weighted by molar-refractivity contribution is 6.35. The van der Waals surface area contributed by atoms with Crippen LogP contribution in [0, 0.1) is 11.3 Å². The van der Waals surface area contributed by atoms with Crippen molar-refractivity contribution in [3.8, 4) is 11.5 Å². The molecule has 0 unspecified atom stereocenters. The Morgan fingerprint density at radius 1 is 0.849 bits per heavy atom. The molecule has 5 rings (SSSR count). The van der Waals surface area contributed by atoms with Crippen molar-refractivity contribution in [1.29, 1.82) is 5.41 Å². The van der Waals surface area contributed by atoms with Crippen molar-refractivity contribution >= 4 is 58.4 Å². The number of ketones is 1. The van der Waals surface area contributed by atoms with Crippen molar-refractivity contribution < 1.29 is 47.0 Å². The molecule has 0 radical (unpaired) electrons. The highest BCUT2D eigenvalue weighted by atomic mass is 35.5. The summed E-state index contributed by atoms with van der Waals surface area (Å²) in [6.07, 6.45) is -4.89. The highest BCUT2D eigenvalue weighted by Gasteiger charge is 2.38. The average molecular weight is 771 g/mol. The normalized spacial score (nSPS) is 12.7. The van der Waals surface area contributed by atoms with Gasteiger partial charge in [0.25, 0.3) is 11.8 Å². The topological polar surface area (TPSA) is 154 Å². The zero-order valence-corrected chi connectivity index (χ0v) is 29.3. The number of carbonyl (C=O) groups excluding carboxylic acids is 4. The lowest BCUT2D eigenvalue weighted by Crippen LogP contribution is -2.41. The molecule has 0 saturated carbocycles. The van der Waals surface area contributed by atoms with E-state index in [1.54, 1.807) is 48.5 Å². The summed E-state index contributed by atoms with van der Waals surface area (Å²) in [5.41, 5.74) is 2.19. The number of ether oxygens (including phenoxy) is 1. The molecule has 4 aromatic rings. The third-order valence-electron chi connectivity index (χ3n) is 7.79. The Kier molecular flexibility index (Phi) is 13.9. The molecular weight excluding hydrogens is 738 g/mol. The van der Waals surface area contributed by atoms with E-state index in [4.69, 9.17) is 43.2 Å². The van der Waals surface area contributed by atoms with E-state index in [2.05, 4.69) is 5.32 Å². The molecule has 1 aliphatic rings. The van der Waals surface area contributed by atoms with Crippen LogP contribution in [-0.4, -0.2) is 64.5 Å². The minimum Gasteiger partial charge on any atom is -0.475 e. The molecule has 4 aromatic carbocycles. The fourth-order valence-corrected chi connectivity index (χ4v) is 5.81. The van der Waals surface area contributed by atoms with Gasteiger partial charge in [-0.1, -0.05) is 71.7 Å². The van der Waals surface area contributed by atoms with Crippen LogP contribution in [0.2, 0.25) is 10.0 Å². The van der Waals surface area contributed by atoms with Crippen molar-refractivity contribution in [2.24, 2.45) is 5.92 Å². The number of para-hydroxylation sites is 1. The number of Topliss-reactive ketones (excluding diaryl/α,β-unsaturated/α-hetero) is 1. The molecule has 3 amide bonds. The number of hydrogen-bond donors (Lipinski definition) is 3. The van der Waals surface area contributed by atoms with E-state index in [0.717, 1.165) is 10.5 Å². The largest absolute Gasteiger partial charge is 0.490 e. The fourth-order valence-electron chi connectivity index (χ4n) is 5.33. The van der Waals surface area contributed by atoms with Gasteiger partial charge in [-0.25, -0.2) is 4.79 Å². The monoisotopic (exact) mass is 769 g/mol. The first-order valence-electron chi connectivity index (χ1n) is 16.0. The number of amides is 3. The van der Waals surface area contributed by atoms with Gasteiger partial charge in [0.15, 0.2) is 0 Å². The predicted molar refractivity (Wildman–Crippen MR) is 191 cm³/mol. The summed E-state index contributed by atoms with van der Waals surface area (Å²) >= 11 is 12.5. The van der Waals surface area contributed by atoms with Gasteiger partial charge in [-0.2, -0.15) is 13.2 Å². The minimum atomic E-state index is -5.08. The second-order valence-corrected chi connectivity index (χ2v) is 12.6. The Bertz CT molecular complexity index is 1970. The van der Waals surface area contributed by atoms with Crippen LogP contribution in [0.15, 0.2) is 97.1 Å². The quantitative estimate of drug-likeness (QED) is 0.0882. The van der Waals surface area contributed by atoms with Crippen molar-refractivity contribution in [2.75, 3.05) is 13.1 Å². The number of nitrogens with zero attached hydrogens (tertiary/aromatic N) is 1. The molecule has 15 heteroatoms. The second kappa shape index (κ2) is 18.3. The molecule has 1 atom stereocenters. The maximum Gasteiger partial charge on any atom is 0.490 e. The smallest absolute Gasteiger partial charge is 0.475 e. The number of imide groups is 1. The lowest BCUT2D eigenvalue weighted by Gasteiger charge is -2.20. The molecule has 53 heavy (non-hydrogen) atoms. The van der Waals surface area contributed by atoms with E-state index in [0.29, 0.717) is 38.2 Å². The first-order valence-corrected chi connectivity index (χ1v) is 16.7. The maximum absolute atomic E-state index is 13.4. The van der Waals surface area contributed by atoms with Crippen LogP contribution in [0.4, 0.5) is 13.2 Å². The van der Waals surface area contributed by atoms with Gasteiger partial charge < -0.3 is 20.6 Å². The number of nitrogens with one attached hydrogen (secondary N) is 2. The average Bonchev–Trinajstić information content (AvgIpc) is 3.34. The van der Waals surface area contributed by atoms with Gasteiger partial charge in [-0.05, 0) is 72.5 Å². The summed E-state index contributed by atoms with van der Waals surface area (Å²) in [6.45, 7) is 0.0261. The number of benzene rings is 4. The molecule has 0 aliphatic carbocycles. The van der Waals surface area contributed by atoms with Crippen LogP contribution >= 0.6 is 23.2 Å². The molecule has 10 nitrogen and oxygen atoms in total. The summed E-state index contributed by atoms with van der Waals surface area (Å²) in [6, 6.07) is 28.1. The summed E-state index contributed by atoms with van der Waals surface area (Å²) in [5, 5.41) is 19.4. The van der Waals surface area contributed by atoms with Crippen molar-refractivity contribution in [3.05, 3.63) is 129 Å². The van der Waals surface area contributed by atoms with Crippen LogP contribution in [0.1, 0.15) is 44.7 Å². The summed E-state index contributed by atoms with van der Waals surface area (Å²) < 4.78 is 37.6. The molecule has 0 saturated heterocycles. The van der Waals surface area contributed by atoms with E-state index in [1.807, 2.05) is 48.5 Å². The third kappa shape index (κ3) is 11.7. The number of fused-ring (bicyclic) bond motifs is 1. The molecule has 276 valence electrons. The van der Waals surface area contributed by atoms with Crippen molar-refractivity contribution in [1.82, 2.24) is 10.2 Å². The SMILES string of the molecule is N=C(CC(=O)Cc1cccc(Oc2ccccc2)c1)C[C@H](Cc1ccc(Cl)cc1Cl)C(=O)NCCN1C(=O)c2ccccc2C1=O.O=C(O)C(F)(F)F. The lowest BCUT2D eigenvalue weighted by molar-refractivity contribution is -0.192. The van der Waals surface area contributed by atoms with Crippen LogP contribution in [0.3, 0.4) is 0 Å². The summed E-state index contributed by atoms with van der Waals surface area (Å²) in [7, 11) is 0. The molecule has 0 fully saturated rings. The Morgan fingerprint density at radius 2 is 1.45 bits per heavy atom. The van der Waals surface area contributed by atoms with Gasteiger partial charge in [0.2, 0.25) is 5.91 Å². The van der Waals surface area contributed by atoms with Gasteiger partial charge in [-0.3, -0.25) is 24.1 Å². The number of carboxylic acid groups (broad SMARTS) is 1. The molecule has 3 N–H and O–H groups in total. The minimum absolute atomic E-state index is 0.00447. The molecular formula is C38H32Cl2F3N3O7. The molecule has 0 spiro atoms. The van der Waals surface area contributed by atoms with Crippen LogP contribution in [0.5, 0.6) is 11.5 Å². The van der Waals surface area contributed by atoms with Gasteiger partial charge in [-0.15, -0.1) is 0 Å². The van der Waals surface area contributed by atoms with Crippen molar-refractivity contribution in [3.63, 3.8) is 0 Å². The highest BCUT2D eigenvalue weighted by Crippen LogP contribution is 2.26. The molecule has 0 aromatic heterocycles. The second-order valence-electron chi connectivity index (χ2n) is 11.8. The fraction of sp³-hybridized carbons (Fsp3) is 0.211. The van der Waals surface area contributed by atoms with Crippen molar-refractivity contribution in [2.45, 2.75) is 31.9 Å². The van der Waals surface area contributed by atoms with E-state index in [1.165, 1.54) is 0 Å². The molecule has 0 bridgehead atoms. The van der Waals surface area contributed by atoms with Gasteiger partial charge >= 0.3 is 12.1 Å². The van der Waals surface area contributed by atoms with Gasteiger partial charge in [0.1, 0.15) is 17.3 Å². The molecule has 1 heterocycles. The third-order valence-corrected chi connectivity index (χ3v) is 8.38. The number of carboxylic acids is 1. The van der Waals surface area contributed by atoms with Crippen LogP contribution in [0.25, 0.3) is 0 Å². The van der Waals surface area contributed by atoms with E-state index >= 15 is 0 Å². The number of aliphatic carboxylic acids is 1. The van der Waals surface area contributed by atoms with E-state index in [9.17, 15) is 32.3 Å². The number of alkyl halides is 3. The van der Waals surface area contributed by atoms with Gasteiger partial charge in [0.05, 0.1) is 11.1 Å². The predicted octanol–water partition coefficient (Wildman–Crippen LogP) is 7.60.